The van der Waals surface area contributed by atoms with Crippen LogP contribution in [0.1, 0.15) is 46.6 Å². The van der Waals surface area contributed by atoms with Crippen LogP contribution in [0.25, 0.3) is 11.0 Å². The van der Waals surface area contributed by atoms with Crippen LogP contribution in [0.5, 0.6) is 0 Å². The highest BCUT2D eigenvalue weighted by atomic mass is 32.2. The van der Waals surface area contributed by atoms with E-state index in [-0.39, 0.29) is 46.5 Å². The number of aliphatic imine (C=N–C) groups is 1. The van der Waals surface area contributed by atoms with Crippen LogP contribution in [0.4, 0.5) is 0 Å². The van der Waals surface area contributed by atoms with Gasteiger partial charge in [-0.3, -0.25) is 9.79 Å². The van der Waals surface area contributed by atoms with Gasteiger partial charge in [0.25, 0.3) is 10.0 Å². The number of sulfonamides is 2. The number of hydrogen-bond acceptors (Lipinski definition) is 7. The Morgan fingerprint density at radius 1 is 0.907 bits per heavy atom. The van der Waals surface area contributed by atoms with Crippen LogP contribution in [0.3, 0.4) is 0 Å². The second-order valence-electron chi connectivity index (χ2n) is 11.7. The molecule has 11 nitrogen and oxygen atoms in total. The maximum Gasteiger partial charge on any atom is 0.264 e. The van der Waals surface area contributed by atoms with Crippen molar-refractivity contribution < 1.29 is 26.0 Å². The van der Waals surface area contributed by atoms with Crippen molar-refractivity contribution in [3.8, 4) is 0 Å². The Hall–Kier alpha value is -3.42. The zero-order valence-corrected chi connectivity index (χ0v) is 27.2. The molecule has 236 valence electrons. The molecule has 2 aromatic carbocycles. The van der Waals surface area contributed by atoms with E-state index in [1.165, 1.54) is 30.5 Å². The Labute approximate surface area is 255 Å². The molecule has 3 rings (SSSR count). The molecule has 13 heteroatoms. The maximum atomic E-state index is 13.9. The summed E-state index contributed by atoms with van der Waals surface area (Å²) in [6, 6.07) is 11.4. The number of amides is 1. The van der Waals surface area contributed by atoms with Crippen molar-refractivity contribution in [3.63, 3.8) is 0 Å². The number of furan rings is 1. The lowest BCUT2D eigenvalue weighted by molar-refractivity contribution is -0.135. The number of carbonyl (C=O) groups excluding carboxylic acids is 1. The van der Waals surface area contributed by atoms with Crippen LogP contribution in [-0.2, 0) is 24.8 Å². The Morgan fingerprint density at radius 2 is 1.51 bits per heavy atom. The lowest BCUT2D eigenvalue weighted by Gasteiger charge is -2.33. The van der Waals surface area contributed by atoms with Gasteiger partial charge >= 0.3 is 0 Å². The lowest BCUT2D eigenvalue weighted by Crippen LogP contribution is -2.53. The van der Waals surface area contributed by atoms with Gasteiger partial charge in [0.1, 0.15) is 11.6 Å². The largest absolute Gasteiger partial charge is 0.464 e. The fraction of sp³-hybridized carbons (Fsp3) is 0.467. The summed E-state index contributed by atoms with van der Waals surface area (Å²) in [7, 11) is -8.02. The van der Waals surface area contributed by atoms with Crippen molar-refractivity contribution in [2.24, 2.45) is 28.5 Å². The highest BCUT2D eigenvalue weighted by Gasteiger charge is 2.34. The molecule has 0 spiro atoms. The summed E-state index contributed by atoms with van der Waals surface area (Å²) >= 11 is 0. The summed E-state index contributed by atoms with van der Waals surface area (Å²) in [5.74, 6) is -0.799. The molecule has 3 aromatic rings. The predicted octanol–water partition coefficient (Wildman–Crippen LogP) is 3.85. The molecule has 0 bridgehead atoms. The molecule has 0 radical (unpaired) electrons. The van der Waals surface area contributed by atoms with E-state index in [0.29, 0.717) is 24.1 Å². The second kappa shape index (κ2) is 14.4. The minimum Gasteiger partial charge on any atom is -0.464 e. The smallest absolute Gasteiger partial charge is 0.264 e. The predicted molar refractivity (Wildman–Crippen MR) is 168 cm³/mol. The molecule has 1 unspecified atom stereocenters. The molecule has 4 N–H and O–H groups in total. The highest BCUT2D eigenvalue weighted by molar-refractivity contribution is 7.90. The molecule has 0 saturated carbocycles. The number of rotatable bonds is 14. The Balaban J connectivity index is 1.82. The molecule has 2 atom stereocenters. The average Bonchev–Trinajstić information content (AvgIpc) is 3.38. The molecular formula is C30H43N5O6S2. The first-order chi connectivity index (χ1) is 20.1. The number of hydrogen-bond donors (Lipinski definition) is 3. The van der Waals surface area contributed by atoms with Crippen LogP contribution in [0, 0.1) is 24.7 Å². The van der Waals surface area contributed by atoms with Gasteiger partial charge in [-0.05, 0) is 67.5 Å². The van der Waals surface area contributed by atoms with Gasteiger partial charge in [-0.1, -0.05) is 52.3 Å². The number of aryl methyl sites for hydroxylation is 1. The zero-order valence-electron chi connectivity index (χ0n) is 25.6. The van der Waals surface area contributed by atoms with Gasteiger partial charge in [0.15, 0.2) is 0 Å². The van der Waals surface area contributed by atoms with Gasteiger partial charge in [-0.25, -0.2) is 21.6 Å². The fourth-order valence-corrected chi connectivity index (χ4v) is 6.88. The molecule has 1 aromatic heterocycles. The van der Waals surface area contributed by atoms with Crippen LogP contribution < -0.4 is 15.2 Å². The maximum absolute atomic E-state index is 13.9. The van der Waals surface area contributed by atoms with Crippen LogP contribution in [0.2, 0.25) is 0 Å². The third kappa shape index (κ3) is 9.54. The van der Waals surface area contributed by atoms with Crippen molar-refractivity contribution in [2.75, 3.05) is 19.6 Å². The summed E-state index contributed by atoms with van der Waals surface area (Å²) in [4.78, 5) is 19.8. The number of fused-ring (bicyclic) bond motifs is 1. The van der Waals surface area contributed by atoms with E-state index in [1.807, 2.05) is 34.6 Å². The summed E-state index contributed by atoms with van der Waals surface area (Å²) in [6.45, 7) is 12.6. The van der Waals surface area contributed by atoms with Gasteiger partial charge in [-0.2, -0.15) is 4.72 Å². The molecule has 0 aliphatic heterocycles. The van der Waals surface area contributed by atoms with Crippen LogP contribution >= 0.6 is 0 Å². The van der Waals surface area contributed by atoms with Gasteiger partial charge in [0.2, 0.25) is 21.9 Å². The van der Waals surface area contributed by atoms with E-state index < -0.39 is 32.0 Å². The molecular weight excluding hydrogens is 590 g/mol. The first kappa shape index (κ1) is 34.1. The van der Waals surface area contributed by atoms with Crippen molar-refractivity contribution in [3.05, 3.63) is 60.4 Å². The number of nitrogens with two attached hydrogens (primary N) is 1. The average molecular weight is 634 g/mol. The number of carbonyl (C=O) groups is 1. The minimum absolute atomic E-state index is 0.0125. The van der Waals surface area contributed by atoms with Crippen LogP contribution in [0.15, 0.2) is 74.0 Å². The van der Waals surface area contributed by atoms with Gasteiger partial charge < -0.3 is 15.1 Å². The minimum atomic E-state index is -4.10. The SMILES string of the molecule is Cc1ccc(S(=O)(=O)NC(N)=NCCC(C)[C@H](NS(=O)(=O)c2ccc3occc3c2)C(=O)N(CC(C)C)CC(C)C)cc1. The standard InChI is InChI=1S/C30H43N5O6S2/c1-20(2)18-35(19-21(3)4)29(36)28(33-43(39,40)26-11-12-27-24(17-26)14-16-41-27)23(6)13-15-32-30(31)34-42(37,38)25-9-7-22(5)8-10-25/h7-12,14,16-17,20-21,23,28,33H,13,15,18-19H2,1-6H3,(H3,31,32,34)/t23?,28-/m0/s1. The molecule has 0 saturated heterocycles. The third-order valence-corrected chi connectivity index (χ3v) is 9.58. The third-order valence-electron chi connectivity index (χ3n) is 6.77. The Kier molecular flexibility index (Phi) is 11.4. The summed E-state index contributed by atoms with van der Waals surface area (Å²) in [6.07, 6.45) is 1.73. The van der Waals surface area contributed by atoms with E-state index in [2.05, 4.69) is 14.4 Å². The number of nitrogens with zero attached hydrogens (tertiary/aromatic N) is 2. The van der Waals surface area contributed by atoms with Crippen molar-refractivity contribution in [1.82, 2.24) is 14.3 Å². The second-order valence-corrected chi connectivity index (χ2v) is 15.1. The number of benzene rings is 2. The number of guanidine groups is 1. The lowest BCUT2D eigenvalue weighted by atomic mass is 9.97. The monoisotopic (exact) mass is 633 g/mol. The zero-order chi connectivity index (χ0) is 31.9. The highest BCUT2D eigenvalue weighted by Crippen LogP contribution is 2.22. The van der Waals surface area contributed by atoms with E-state index in [9.17, 15) is 21.6 Å². The van der Waals surface area contributed by atoms with E-state index >= 15 is 0 Å². The van der Waals surface area contributed by atoms with Crippen LogP contribution in [-0.4, -0.2) is 59.3 Å². The van der Waals surface area contributed by atoms with Crippen molar-refractivity contribution in [2.45, 2.75) is 63.8 Å². The summed E-state index contributed by atoms with van der Waals surface area (Å²) in [5.41, 5.74) is 7.35. The van der Waals surface area contributed by atoms with Gasteiger partial charge in [0.05, 0.1) is 16.1 Å². The summed E-state index contributed by atoms with van der Waals surface area (Å²) < 4.78 is 62.6. The molecule has 1 amide bonds. The molecule has 1 heterocycles. The summed E-state index contributed by atoms with van der Waals surface area (Å²) in [5, 5.41) is 0.623. The first-order valence-corrected chi connectivity index (χ1v) is 17.2. The topological polar surface area (TPSA) is 164 Å². The Bertz CT molecular complexity index is 1620. The first-order valence-electron chi connectivity index (χ1n) is 14.3. The van der Waals surface area contributed by atoms with E-state index in [4.69, 9.17) is 10.2 Å². The molecule has 43 heavy (non-hydrogen) atoms. The fourth-order valence-electron chi connectivity index (χ4n) is 4.59. The normalized spacial score (nSPS) is 14.3. The van der Waals surface area contributed by atoms with E-state index in [1.54, 1.807) is 36.1 Å². The van der Waals surface area contributed by atoms with Gasteiger partial charge in [-0.15, -0.1) is 0 Å². The molecule has 0 fully saturated rings. The van der Waals surface area contributed by atoms with Gasteiger partial charge in [0, 0.05) is 25.0 Å². The Morgan fingerprint density at radius 3 is 2.12 bits per heavy atom. The van der Waals surface area contributed by atoms with Crippen molar-refractivity contribution >= 4 is 42.9 Å². The van der Waals surface area contributed by atoms with Crippen molar-refractivity contribution in [1.29, 1.82) is 0 Å². The van der Waals surface area contributed by atoms with E-state index in [0.717, 1.165) is 5.56 Å². The quantitative estimate of drug-likeness (QED) is 0.179. The number of nitrogens with one attached hydrogen (secondary N) is 2. The molecule has 0 aliphatic rings. The molecule has 0 aliphatic carbocycles.